The molecule has 0 spiro atoms. The van der Waals surface area contributed by atoms with Gasteiger partial charge in [-0.05, 0) is 18.9 Å². The van der Waals surface area contributed by atoms with Gasteiger partial charge in [-0.3, -0.25) is 14.2 Å². The number of carbonyl (C=O) groups is 2. The Hall–Kier alpha value is -2.31. The average Bonchev–Trinajstić information content (AvgIpc) is 3.04. The van der Waals surface area contributed by atoms with Gasteiger partial charge in [0.15, 0.2) is 0 Å². The Morgan fingerprint density at radius 1 is 1.13 bits per heavy atom. The highest BCUT2D eigenvalue weighted by Crippen LogP contribution is 2.42. The topological polar surface area (TPSA) is 180 Å². The molecule has 172 valence electrons. The number of hydrogen-bond donors (Lipinski definition) is 2. The molecule has 0 amide bonds. The molecular formula is C20H28N2O8S. The fraction of sp³-hybridized carbons (Fsp3) is 0.500. The molecule has 1 aromatic carbocycles. The van der Waals surface area contributed by atoms with Gasteiger partial charge in [0, 0.05) is 47.9 Å². The zero-order chi connectivity index (χ0) is 20.8. The van der Waals surface area contributed by atoms with Crippen molar-refractivity contribution in [3.63, 3.8) is 0 Å². The first-order valence-corrected chi connectivity index (χ1v) is 11.5. The highest BCUT2D eigenvalue weighted by atomic mass is 32.2. The highest BCUT2D eigenvalue weighted by Gasteiger charge is 2.49. The van der Waals surface area contributed by atoms with Gasteiger partial charge in [0.25, 0.3) is 10.1 Å². The van der Waals surface area contributed by atoms with E-state index in [1.165, 1.54) is 0 Å². The van der Waals surface area contributed by atoms with Crippen molar-refractivity contribution in [2.75, 3.05) is 12.8 Å². The molecule has 2 atom stereocenters. The normalized spacial score (nSPS) is 28.6. The predicted molar refractivity (Wildman–Crippen MR) is 113 cm³/mol. The number of H-pyrrole nitrogens is 1. The van der Waals surface area contributed by atoms with E-state index in [9.17, 15) is 18.0 Å². The van der Waals surface area contributed by atoms with Gasteiger partial charge in [-0.1, -0.05) is 18.2 Å². The number of esters is 1. The Bertz CT molecular complexity index is 1030. The van der Waals surface area contributed by atoms with Crippen LogP contribution in [0, 0.1) is 5.92 Å². The largest absolute Gasteiger partial charge is 0.459 e. The molecule has 0 radical (unpaired) electrons. The number of rotatable bonds is 2. The zero-order valence-electron chi connectivity index (χ0n) is 17.1. The smallest absolute Gasteiger partial charge is 0.340 e. The monoisotopic (exact) mass is 456 g/mol. The molecule has 31 heavy (non-hydrogen) atoms. The Kier molecular flexibility index (Phi) is 7.61. The summed E-state index contributed by atoms with van der Waals surface area (Å²) in [4.78, 5) is 30.0. The Labute approximate surface area is 179 Å². The van der Waals surface area contributed by atoms with Crippen LogP contribution < -0.4 is 0 Å². The van der Waals surface area contributed by atoms with Crippen molar-refractivity contribution >= 4 is 32.8 Å². The number of nitrogens with zero attached hydrogens (tertiary/aromatic N) is 1. The number of benzene rings is 1. The number of aromatic nitrogens is 1. The van der Waals surface area contributed by atoms with E-state index in [2.05, 4.69) is 9.88 Å². The molecule has 2 unspecified atom stereocenters. The van der Waals surface area contributed by atoms with Gasteiger partial charge in [0.1, 0.15) is 11.9 Å². The van der Waals surface area contributed by atoms with E-state index < -0.39 is 10.1 Å². The summed E-state index contributed by atoms with van der Waals surface area (Å²) in [6, 6.07) is 8.58. The summed E-state index contributed by atoms with van der Waals surface area (Å²) in [7, 11) is -3.67. The maximum atomic E-state index is 12.6. The lowest BCUT2D eigenvalue weighted by Gasteiger charge is -2.54. The second-order valence-corrected chi connectivity index (χ2v) is 9.56. The fourth-order valence-electron chi connectivity index (χ4n) is 4.87. The van der Waals surface area contributed by atoms with Crippen molar-refractivity contribution in [3.05, 3.63) is 36.0 Å². The lowest BCUT2D eigenvalue weighted by Crippen LogP contribution is -2.63. The molecular weight excluding hydrogens is 428 g/mol. The van der Waals surface area contributed by atoms with Crippen LogP contribution in [0.5, 0.6) is 0 Å². The van der Waals surface area contributed by atoms with E-state index in [-0.39, 0.29) is 28.9 Å². The van der Waals surface area contributed by atoms with Crippen LogP contribution in [0.4, 0.5) is 0 Å². The minimum Gasteiger partial charge on any atom is -0.459 e. The summed E-state index contributed by atoms with van der Waals surface area (Å²) in [5.41, 5.74) is 1.56. The number of hydrogen-bond acceptors (Lipinski definition) is 6. The minimum absolute atomic E-state index is 0. The highest BCUT2D eigenvalue weighted by molar-refractivity contribution is 7.85. The van der Waals surface area contributed by atoms with Crippen molar-refractivity contribution in [2.45, 2.75) is 43.9 Å². The third-order valence-electron chi connectivity index (χ3n) is 6.00. The zero-order valence-corrected chi connectivity index (χ0v) is 17.9. The molecule has 6 N–H and O–H groups in total. The van der Waals surface area contributed by atoms with Crippen LogP contribution in [0.25, 0.3) is 10.9 Å². The number of ether oxygens (including phenoxy) is 1. The standard InChI is InChI=1S/C19H20N2O3.CH4O3S.2H2O/c22-18-10-21-12-5-11(18)6-13(21)8-14(7-12)24-19(23)16-9-20-17-4-2-1-3-15(16)17;1-5(2,3)4;;/h1-4,9,11-14,20H,5-8,10H2;1H3,(H,2,3,4);2*1H2. The minimum atomic E-state index is -3.67. The van der Waals surface area contributed by atoms with E-state index >= 15 is 0 Å². The second-order valence-electron chi connectivity index (χ2n) is 8.09. The maximum Gasteiger partial charge on any atom is 0.340 e. The predicted octanol–water partition coefficient (Wildman–Crippen LogP) is 0.374. The molecule has 5 heterocycles. The summed E-state index contributed by atoms with van der Waals surface area (Å²) in [5.74, 6) is 0.403. The van der Waals surface area contributed by atoms with Gasteiger partial charge in [0.05, 0.1) is 18.4 Å². The first kappa shape index (κ1) is 25.0. The number of carbonyl (C=O) groups excluding carboxylic acids is 2. The lowest BCUT2D eigenvalue weighted by molar-refractivity contribution is -0.145. The summed E-state index contributed by atoms with van der Waals surface area (Å²) in [6.45, 7) is 0.600. The van der Waals surface area contributed by atoms with Crippen molar-refractivity contribution < 1.29 is 38.2 Å². The molecule has 4 aliphatic rings. The van der Waals surface area contributed by atoms with Crippen LogP contribution in [0.15, 0.2) is 30.5 Å². The van der Waals surface area contributed by atoms with Crippen molar-refractivity contribution in [1.29, 1.82) is 0 Å². The molecule has 4 saturated heterocycles. The van der Waals surface area contributed by atoms with Gasteiger partial charge in [-0.15, -0.1) is 0 Å². The first-order valence-electron chi connectivity index (χ1n) is 9.67. The van der Waals surface area contributed by atoms with Crippen LogP contribution in [-0.4, -0.2) is 76.5 Å². The summed E-state index contributed by atoms with van der Waals surface area (Å²) in [5, 5.41) is 0.909. The van der Waals surface area contributed by atoms with E-state index in [4.69, 9.17) is 9.29 Å². The van der Waals surface area contributed by atoms with E-state index in [0.29, 0.717) is 36.2 Å². The second kappa shape index (κ2) is 9.45. The molecule has 4 bridgehead atoms. The van der Waals surface area contributed by atoms with Gasteiger partial charge >= 0.3 is 5.97 Å². The fourth-order valence-corrected chi connectivity index (χ4v) is 4.87. The number of Topliss-reactive ketones (excluding diaryl/α,β-unsaturated/α-hetero) is 1. The lowest BCUT2D eigenvalue weighted by atomic mass is 9.72. The molecule has 4 fully saturated rings. The Morgan fingerprint density at radius 2 is 1.71 bits per heavy atom. The maximum absolute atomic E-state index is 12.6. The van der Waals surface area contributed by atoms with Gasteiger partial charge in [0.2, 0.25) is 0 Å². The van der Waals surface area contributed by atoms with Crippen LogP contribution in [0.3, 0.4) is 0 Å². The number of piperidine rings is 4. The van der Waals surface area contributed by atoms with Gasteiger partial charge < -0.3 is 20.7 Å². The number of fused-ring (bicyclic) bond motifs is 2. The van der Waals surface area contributed by atoms with Crippen molar-refractivity contribution in [3.8, 4) is 0 Å². The molecule has 0 aliphatic carbocycles. The molecule has 6 rings (SSSR count). The molecule has 10 nitrogen and oxygen atoms in total. The van der Waals surface area contributed by atoms with E-state index in [1.807, 2.05) is 24.3 Å². The number of aromatic amines is 1. The third kappa shape index (κ3) is 5.49. The number of para-hydroxylation sites is 1. The SMILES string of the molecule is CS(=O)(=O)O.O.O.O=C(OC1CC2CC3CC(C1)N2CC3=O)c1c[nH]c2ccccc12. The number of nitrogens with one attached hydrogen (secondary N) is 1. The van der Waals surface area contributed by atoms with E-state index in [0.717, 1.165) is 36.6 Å². The molecule has 1 aromatic heterocycles. The molecule has 11 heteroatoms. The summed E-state index contributed by atoms with van der Waals surface area (Å²) < 4.78 is 31.7. The van der Waals surface area contributed by atoms with E-state index in [1.54, 1.807) is 6.20 Å². The van der Waals surface area contributed by atoms with Crippen molar-refractivity contribution in [2.24, 2.45) is 5.92 Å². The average molecular weight is 457 g/mol. The Morgan fingerprint density at radius 3 is 2.29 bits per heavy atom. The number of ketones is 1. The summed E-state index contributed by atoms with van der Waals surface area (Å²) >= 11 is 0. The van der Waals surface area contributed by atoms with Crippen LogP contribution in [0.1, 0.15) is 36.0 Å². The van der Waals surface area contributed by atoms with Crippen LogP contribution in [0.2, 0.25) is 0 Å². The van der Waals surface area contributed by atoms with Gasteiger partial charge in [-0.25, -0.2) is 4.79 Å². The third-order valence-corrected chi connectivity index (χ3v) is 6.00. The van der Waals surface area contributed by atoms with Crippen molar-refractivity contribution in [1.82, 2.24) is 9.88 Å². The van der Waals surface area contributed by atoms with Gasteiger partial charge in [-0.2, -0.15) is 8.42 Å². The first-order chi connectivity index (χ1) is 13.7. The van der Waals surface area contributed by atoms with Crippen LogP contribution >= 0.6 is 0 Å². The summed E-state index contributed by atoms with van der Waals surface area (Å²) in [6.07, 6.45) is 6.01. The van der Waals surface area contributed by atoms with Crippen LogP contribution in [-0.2, 0) is 19.6 Å². The quantitative estimate of drug-likeness (QED) is 0.484. The molecule has 0 saturated carbocycles. The molecule has 4 aliphatic heterocycles. The molecule has 2 aromatic rings. The Balaban J connectivity index is 0.000000443.